The molecule has 0 bridgehead atoms. The number of carboxylic acid groups (broad SMARTS) is 2. The third kappa shape index (κ3) is 11.9. The predicted molar refractivity (Wildman–Crippen MR) is 139 cm³/mol. The van der Waals surface area contributed by atoms with Gasteiger partial charge in [0.2, 0.25) is 0 Å². The first-order chi connectivity index (χ1) is 20.0. The number of carboxylic acids is 2. The molecule has 2 rings (SSSR count). The highest BCUT2D eigenvalue weighted by Crippen LogP contribution is 2.15. The maximum Gasteiger partial charge on any atom is 0.333 e. The zero-order chi connectivity index (χ0) is 31.1. The van der Waals surface area contributed by atoms with Crippen molar-refractivity contribution in [3.05, 3.63) is 0 Å². The Kier molecular flexibility index (Phi) is 14.5. The first-order valence-electron chi connectivity index (χ1n) is 14.0. The Bertz CT molecular complexity index is 921. The van der Waals surface area contributed by atoms with Crippen LogP contribution in [0.15, 0.2) is 0 Å². The fraction of sp³-hybridized carbons (Fsp3) is 0.692. The maximum absolute atomic E-state index is 11.9. The largest absolute Gasteiger partial charge is 0.480 e. The van der Waals surface area contributed by atoms with Gasteiger partial charge in [0, 0.05) is 25.7 Å². The van der Waals surface area contributed by atoms with Crippen LogP contribution in [-0.4, -0.2) is 93.0 Å². The number of hydrogen-bond donors (Lipinski definition) is 4. The molecule has 2 saturated heterocycles. The number of carbonyl (C=O) groups is 8. The van der Waals surface area contributed by atoms with Gasteiger partial charge in [-0.2, -0.15) is 0 Å². The zero-order valence-electron chi connectivity index (χ0n) is 23.3. The second-order valence-corrected chi connectivity index (χ2v) is 9.98. The molecule has 0 saturated carbocycles. The van der Waals surface area contributed by atoms with Gasteiger partial charge in [-0.3, -0.25) is 28.8 Å². The quantitative estimate of drug-likeness (QED) is 0.102. The van der Waals surface area contributed by atoms with Gasteiger partial charge in [0.05, 0.1) is 12.8 Å². The van der Waals surface area contributed by atoms with E-state index in [0.717, 1.165) is 25.7 Å². The summed E-state index contributed by atoms with van der Waals surface area (Å²) in [4.78, 5) is 102. The second kappa shape index (κ2) is 17.8. The van der Waals surface area contributed by atoms with E-state index in [9.17, 15) is 48.6 Å². The van der Waals surface area contributed by atoms with Crippen molar-refractivity contribution in [2.45, 2.75) is 102 Å². The summed E-state index contributed by atoms with van der Waals surface area (Å²) in [5.41, 5.74) is 0. The van der Waals surface area contributed by atoms with Crippen LogP contribution < -0.4 is 10.6 Å². The second-order valence-electron chi connectivity index (χ2n) is 9.98. The molecule has 0 aromatic carbocycles. The van der Waals surface area contributed by atoms with Crippen molar-refractivity contribution in [2.24, 2.45) is 0 Å². The Labute approximate surface area is 241 Å². The van der Waals surface area contributed by atoms with Crippen LogP contribution in [0.4, 0.5) is 0 Å². The molecule has 16 nitrogen and oxygen atoms in total. The number of nitrogens with one attached hydrogen (secondary N) is 2. The van der Waals surface area contributed by atoms with E-state index in [2.05, 4.69) is 10.6 Å². The van der Waals surface area contributed by atoms with Gasteiger partial charge >= 0.3 is 23.9 Å². The minimum absolute atomic E-state index is 0.0248. The standard InChI is InChI=1S/C26H38N4O12/c31-19-9-10-20(32)29(19)41-23(35)13-7-17(25(37)38)27-15-5-3-1-2-4-6-16-28-18(26(39)40)8-14-24(36)42-30-21(33)11-12-22(30)34/h17-18,27-28H,1-16H2,(H,37,38)(H,39,40)/t17-,18-/m0/s1. The van der Waals surface area contributed by atoms with E-state index in [1.807, 2.05) is 0 Å². The van der Waals surface area contributed by atoms with E-state index in [1.165, 1.54) is 0 Å². The van der Waals surface area contributed by atoms with Crippen LogP contribution in [0.1, 0.15) is 89.9 Å². The number of aliphatic carboxylic acids is 2. The van der Waals surface area contributed by atoms with Crippen molar-refractivity contribution in [2.75, 3.05) is 13.1 Å². The monoisotopic (exact) mass is 598 g/mol. The molecule has 2 aliphatic rings. The van der Waals surface area contributed by atoms with Gasteiger partial charge in [-0.1, -0.05) is 25.7 Å². The van der Waals surface area contributed by atoms with E-state index < -0.39 is 59.6 Å². The average Bonchev–Trinajstić information content (AvgIpc) is 3.42. The lowest BCUT2D eigenvalue weighted by Crippen LogP contribution is -2.38. The summed E-state index contributed by atoms with van der Waals surface area (Å²) in [6, 6.07) is -1.97. The minimum atomic E-state index is -1.13. The fourth-order valence-corrected chi connectivity index (χ4v) is 4.27. The summed E-state index contributed by atoms with van der Waals surface area (Å²) < 4.78 is 0. The number of hydrogen-bond acceptors (Lipinski definition) is 12. The highest BCUT2D eigenvalue weighted by Gasteiger charge is 2.34. The van der Waals surface area contributed by atoms with Crippen LogP contribution >= 0.6 is 0 Å². The first-order valence-corrected chi connectivity index (χ1v) is 14.0. The molecule has 2 fully saturated rings. The fourth-order valence-electron chi connectivity index (χ4n) is 4.27. The van der Waals surface area contributed by atoms with Crippen molar-refractivity contribution in [1.29, 1.82) is 0 Å². The molecule has 42 heavy (non-hydrogen) atoms. The smallest absolute Gasteiger partial charge is 0.333 e. The van der Waals surface area contributed by atoms with Gasteiger partial charge in [0.25, 0.3) is 23.6 Å². The Hall–Kier alpha value is -3.92. The van der Waals surface area contributed by atoms with Crippen molar-refractivity contribution >= 4 is 47.5 Å². The number of rotatable bonds is 21. The molecule has 0 aromatic heterocycles. The molecule has 16 heteroatoms. The summed E-state index contributed by atoms with van der Waals surface area (Å²) in [5, 5.41) is 25.3. The third-order valence-corrected chi connectivity index (χ3v) is 6.65. The Morgan fingerprint density at radius 1 is 0.595 bits per heavy atom. The molecule has 2 heterocycles. The van der Waals surface area contributed by atoms with E-state index in [4.69, 9.17) is 9.68 Å². The van der Waals surface area contributed by atoms with Crippen molar-refractivity contribution in [3.8, 4) is 0 Å². The Morgan fingerprint density at radius 2 is 0.905 bits per heavy atom. The van der Waals surface area contributed by atoms with Gasteiger partial charge in [-0.15, -0.1) is 10.1 Å². The molecule has 2 atom stereocenters. The number of unbranched alkanes of at least 4 members (excludes halogenated alkanes) is 5. The minimum Gasteiger partial charge on any atom is -0.480 e. The maximum atomic E-state index is 11.9. The van der Waals surface area contributed by atoms with Crippen LogP contribution in [0.2, 0.25) is 0 Å². The summed E-state index contributed by atoms with van der Waals surface area (Å²) in [6.45, 7) is 0.832. The van der Waals surface area contributed by atoms with Crippen LogP contribution in [0.25, 0.3) is 0 Å². The zero-order valence-corrected chi connectivity index (χ0v) is 23.3. The van der Waals surface area contributed by atoms with Crippen LogP contribution in [0.3, 0.4) is 0 Å². The summed E-state index contributed by atoms with van der Waals surface area (Å²) in [5.74, 6) is -6.37. The topological polar surface area (TPSA) is 226 Å². The molecular formula is C26H38N4O12. The molecule has 0 unspecified atom stereocenters. The molecule has 2 aliphatic heterocycles. The van der Waals surface area contributed by atoms with Crippen molar-refractivity contribution in [3.63, 3.8) is 0 Å². The highest BCUT2D eigenvalue weighted by atomic mass is 16.7. The molecule has 4 N–H and O–H groups in total. The summed E-state index contributed by atoms with van der Waals surface area (Å²) >= 11 is 0. The molecular weight excluding hydrogens is 560 g/mol. The first kappa shape index (κ1) is 34.3. The Morgan fingerprint density at radius 3 is 1.21 bits per heavy atom. The lowest BCUT2D eigenvalue weighted by molar-refractivity contribution is -0.197. The van der Waals surface area contributed by atoms with Crippen molar-refractivity contribution < 1.29 is 58.2 Å². The van der Waals surface area contributed by atoms with E-state index in [-0.39, 0.29) is 51.4 Å². The molecule has 0 aromatic rings. The van der Waals surface area contributed by atoms with Gasteiger partial charge < -0.3 is 30.5 Å². The SMILES string of the molecule is O=C(CC[C@H](NCCCCCCCCN[C@@H](CCC(=O)ON1C(=O)CCC1=O)C(=O)O)C(=O)O)ON1C(=O)CCC1=O. The average molecular weight is 599 g/mol. The molecule has 0 spiro atoms. The molecule has 0 aliphatic carbocycles. The number of amides is 4. The van der Waals surface area contributed by atoms with Gasteiger partial charge in [-0.05, 0) is 38.8 Å². The van der Waals surface area contributed by atoms with E-state index in [0.29, 0.717) is 36.1 Å². The number of hydroxylamine groups is 4. The summed E-state index contributed by atoms with van der Waals surface area (Å²) in [6.07, 6.45) is 4.05. The van der Waals surface area contributed by atoms with Crippen LogP contribution in [0, 0.1) is 0 Å². The highest BCUT2D eigenvalue weighted by molar-refractivity contribution is 6.02. The number of nitrogens with zero attached hydrogens (tertiary/aromatic N) is 2. The molecule has 234 valence electrons. The predicted octanol–water partition coefficient (Wildman–Crippen LogP) is 0.187. The van der Waals surface area contributed by atoms with Crippen LogP contribution in [-0.2, 0) is 48.0 Å². The van der Waals surface area contributed by atoms with Gasteiger partial charge in [0.1, 0.15) is 12.1 Å². The number of carbonyl (C=O) groups excluding carboxylic acids is 6. The van der Waals surface area contributed by atoms with Crippen molar-refractivity contribution in [1.82, 2.24) is 20.8 Å². The molecule has 4 amide bonds. The lowest BCUT2D eigenvalue weighted by atomic mass is 10.1. The van der Waals surface area contributed by atoms with E-state index in [1.54, 1.807) is 0 Å². The third-order valence-electron chi connectivity index (χ3n) is 6.65. The normalized spacial score (nSPS) is 16.6. The Balaban J connectivity index is 1.50. The number of imide groups is 2. The van der Waals surface area contributed by atoms with Gasteiger partial charge in [0.15, 0.2) is 0 Å². The van der Waals surface area contributed by atoms with Gasteiger partial charge in [-0.25, -0.2) is 9.59 Å². The lowest BCUT2D eigenvalue weighted by Gasteiger charge is -2.16. The summed E-state index contributed by atoms with van der Waals surface area (Å²) in [7, 11) is 0. The van der Waals surface area contributed by atoms with Crippen LogP contribution in [0.5, 0.6) is 0 Å². The molecule has 0 radical (unpaired) electrons. The van der Waals surface area contributed by atoms with E-state index >= 15 is 0 Å².